The second-order valence-corrected chi connectivity index (χ2v) is 10.2. The first kappa shape index (κ1) is 26.8. The molecule has 1 amide bonds. The van der Waals surface area contributed by atoms with Gasteiger partial charge in [-0.25, -0.2) is 0 Å². The highest BCUT2D eigenvalue weighted by molar-refractivity contribution is 6.00. The van der Waals surface area contributed by atoms with E-state index in [1.807, 2.05) is 24.3 Å². The van der Waals surface area contributed by atoms with Crippen LogP contribution in [-0.4, -0.2) is 57.3 Å². The molecule has 3 aromatic rings. The highest BCUT2D eigenvalue weighted by Crippen LogP contribution is 2.49. The minimum Gasteiger partial charge on any atom is -0.493 e. The number of hydrogen-bond donors (Lipinski definition) is 1. The highest BCUT2D eigenvalue weighted by Gasteiger charge is 2.46. The van der Waals surface area contributed by atoms with Crippen LogP contribution < -0.4 is 24.3 Å². The van der Waals surface area contributed by atoms with Crippen molar-refractivity contribution >= 4 is 11.6 Å². The zero-order chi connectivity index (χ0) is 27.4. The van der Waals surface area contributed by atoms with E-state index in [-0.39, 0.29) is 5.91 Å². The Hall–Kier alpha value is -3.78. The molecule has 0 saturated carbocycles. The Balaban J connectivity index is 1.36. The van der Waals surface area contributed by atoms with Gasteiger partial charge in [0.1, 0.15) is 0 Å². The van der Waals surface area contributed by atoms with Crippen LogP contribution in [0.5, 0.6) is 23.0 Å². The molecule has 1 N–H and O–H groups in total. The fourth-order valence-electron chi connectivity index (χ4n) is 6.19. The van der Waals surface area contributed by atoms with E-state index in [0.29, 0.717) is 11.4 Å². The van der Waals surface area contributed by atoms with Crippen LogP contribution in [0.1, 0.15) is 41.5 Å². The quantitative estimate of drug-likeness (QED) is 0.403. The summed E-state index contributed by atoms with van der Waals surface area (Å²) < 4.78 is 22.3. The van der Waals surface area contributed by atoms with E-state index < -0.39 is 5.41 Å². The Kier molecular flexibility index (Phi) is 7.93. The van der Waals surface area contributed by atoms with Gasteiger partial charge in [0.2, 0.25) is 5.91 Å². The summed E-state index contributed by atoms with van der Waals surface area (Å²) in [4.78, 5) is 20.6. The Morgan fingerprint density at radius 3 is 2.44 bits per heavy atom. The lowest BCUT2D eigenvalue weighted by molar-refractivity contribution is -0.122. The zero-order valence-electron chi connectivity index (χ0n) is 23.2. The Morgan fingerprint density at radius 2 is 1.74 bits per heavy atom. The van der Waals surface area contributed by atoms with Crippen LogP contribution in [0.3, 0.4) is 0 Å². The van der Waals surface area contributed by atoms with Gasteiger partial charge in [0.05, 0.1) is 45.7 Å². The molecular formula is C31H37N3O5. The number of rotatable bonds is 10. The van der Waals surface area contributed by atoms with Crippen LogP contribution in [0, 0.1) is 0 Å². The maximum atomic E-state index is 14.0. The number of hydrogen-bond acceptors (Lipinski definition) is 7. The van der Waals surface area contributed by atoms with E-state index in [0.717, 1.165) is 80.1 Å². The molecule has 1 aromatic heterocycles. The molecule has 39 heavy (non-hydrogen) atoms. The summed E-state index contributed by atoms with van der Waals surface area (Å²) in [6.45, 7) is 2.73. The molecule has 0 radical (unpaired) electrons. The van der Waals surface area contributed by atoms with Gasteiger partial charge in [-0.15, -0.1) is 0 Å². The van der Waals surface area contributed by atoms with Crippen molar-refractivity contribution in [3.8, 4) is 23.0 Å². The minimum atomic E-state index is -0.658. The summed E-state index contributed by atoms with van der Waals surface area (Å²) in [6, 6.07) is 11.9. The topological polar surface area (TPSA) is 82.2 Å². The van der Waals surface area contributed by atoms with Crippen LogP contribution >= 0.6 is 0 Å². The van der Waals surface area contributed by atoms with E-state index in [2.05, 4.69) is 27.3 Å². The normalized spacial score (nSPS) is 18.2. The van der Waals surface area contributed by atoms with Crippen LogP contribution in [0.25, 0.3) is 0 Å². The summed E-state index contributed by atoms with van der Waals surface area (Å²) in [7, 11) is 6.65. The van der Waals surface area contributed by atoms with Gasteiger partial charge in [-0.3, -0.25) is 14.7 Å². The van der Waals surface area contributed by atoms with E-state index in [1.165, 1.54) is 11.1 Å². The predicted molar refractivity (Wildman–Crippen MR) is 150 cm³/mol. The maximum Gasteiger partial charge on any atom is 0.235 e. The van der Waals surface area contributed by atoms with Crippen molar-refractivity contribution in [3.05, 3.63) is 71.0 Å². The number of carbonyl (C=O) groups excluding carboxylic acids is 1. The lowest BCUT2D eigenvalue weighted by Gasteiger charge is -2.33. The number of anilines is 1. The summed E-state index contributed by atoms with van der Waals surface area (Å²) in [5.74, 6) is 2.96. The summed E-state index contributed by atoms with van der Waals surface area (Å²) in [5, 5.41) is 3.14. The number of fused-ring (bicyclic) bond motifs is 2. The average molecular weight is 532 g/mol. The first-order valence-electron chi connectivity index (χ1n) is 13.4. The third-order valence-corrected chi connectivity index (χ3v) is 8.19. The average Bonchev–Trinajstić information content (AvgIpc) is 3.36. The van der Waals surface area contributed by atoms with E-state index in [1.54, 1.807) is 40.8 Å². The first-order chi connectivity index (χ1) is 19.0. The summed E-state index contributed by atoms with van der Waals surface area (Å²) >= 11 is 0. The van der Waals surface area contributed by atoms with Crippen LogP contribution in [0.2, 0.25) is 0 Å². The molecule has 0 spiro atoms. The summed E-state index contributed by atoms with van der Waals surface area (Å²) in [6.07, 6.45) is 7.45. The fourth-order valence-corrected chi connectivity index (χ4v) is 6.19. The number of amides is 1. The highest BCUT2D eigenvalue weighted by atomic mass is 16.5. The molecule has 206 valence electrons. The molecule has 8 nitrogen and oxygen atoms in total. The van der Waals surface area contributed by atoms with Crippen molar-refractivity contribution < 1.29 is 23.7 Å². The molecule has 1 atom stereocenters. The molecule has 2 aliphatic rings. The molecule has 1 aliphatic heterocycles. The molecule has 0 saturated heterocycles. The van der Waals surface area contributed by atoms with Gasteiger partial charge in [-0.1, -0.05) is 6.07 Å². The van der Waals surface area contributed by atoms with Gasteiger partial charge in [0, 0.05) is 24.8 Å². The SMILES string of the molecule is COc1cc2c(cc1OC)CN(CCCC1(C(=O)Nc3cccnc3)CCc3c1ccc(OC)c3OC)CC2. The zero-order valence-corrected chi connectivity index (χ0v) is 23.2. The molecule has 0 bridgehead atoms. The van der Waals surface area contributed by atoms with Gasteiger partial charge < -0.3 is 24.3 Å². The largest absolute Gasteiger partial charge is 0.493 e. The predicted octanol–water partition coefficient (Wildman–Crippen LogP) is 4.78. The number of aromatic nitrogens is 1. The molecule has 1 unspecified atom stereocenters. The molecular weight excluding hydrogens is 494 g/mol. The standard InChI is InChI=1S/C31H37N3O5/c1-36-26-9-8-25-24(29(26)39-4)10-13-31(25,30(35)33-23-7-5-14-32-19-23)12-6-15-34-16-11-21-17-27(37-2)28(38-3)18-22(21)20-34/h5,7-9,14,17-19H,6,10-13,15-16,20H2,1-4H3,(H,33,35). The Labute approximate surface area is 230 Å². The van der Waals surface area contributed by atoms with Crippen molar-refractivity contribution in [1.29, 1.82) is 0 Å². The number of nitrogens with one attached hydrogen (secondary N) is 1. The smallest absolute Gasteiger partial charge is 0.235 e. The monoisotopic (exact) mass is 531 g/mol. The second-order valence-electron chi connectivity index (χ2n) is 10.2. The van der Waals surface area contributed by atoms with E-state index in [4.69, 9.17) is 18.9 Å². The lowest BCUT2D eigenvalue weighted by atomic mass is 9.76. The third-order valence-electron chi connectivity index (χ3n) is 8.19. The van der Waals surface area contributed by atoms with Crippen LogP contribution in [0.4, 0.5) is 5.69 Å². The minimum absolute atomic E-state index is 0.00212. The van der Waals surface area contributed by atoms with Crippen molar-refractivity contribution in [1.82, 2.24) is 9.88 Å². The van der Waals surface area contributed by atoms with E-state index >= 15 is 0 Å². The molecule has 2 heterocycles. The first-order valence-corrected chi connectivity index (χ1v) is 13.4. The number of pyridine rings is 1. The maximum absolute atomic E-state index is 14.0. The van der Waals surface area contributed by atoms with Gasteiger partial charge in [0.25, 0.3) is 0 Å². The Morgan fingerprint density at radius 1 is 0.974 bits per heavy atom. The van der Waals surface area contributed by atoms with Gasteiger partial charge in [-0.05, 0) is 85.7 Å². The lowest BCUT2D eigenvalue weighted by Crippen LogP contribution is -2.40. The molecule has 8 heteroatoms. The molecule has 1 aliphatic carbocycles. The third kappa shape index (κ3) is 5.13. The molecule has 2 aromatic carbocycles. The summed E-state index contributed by atoms with van der Waals surface area (Å²) in [5.41, 5.74) is 4.71. The van der Waals surface area contributed by atoms with Crippen molar-refractivity contribution in [3.63, 3.8) is 0 Å². The number of benzene rings is 2. The number of nitrogens with zero attached hydrogens (tertiary/aromatic N) is 2. The second kappa shape index (κ2) is 11.5. The number of ether oxygens (including phenoxy) is 4. The van der Waals surface area contributed by atoms with Crippen LogP contribution in [0.15, 0.2) is 48.8 Å². The van der Waals surface area contributed by atoms with Gasteiger partial charge in [0.15, 0.2) is 23.0 Å². The molecule has 0 fully saturated rings. The van der Waals surface area contributed by atoms with Crippen molar-refractivity contribution in [2.45, 2.75) is 44.1 Å². The van der Waals surface area contributed by atoms with Gasteiger partial charge in [-0.2, -0.15) is 0 Å². The number of methoxy groups -OCH3 is 4. The number of carbonyl (C=O) groups is 1. The van der Waals surface area contributed by atoms with Crippen molar-refractivity contribution in [2.24, 2.45) is 0 Å². The Bertz CT molecular complexity index is 1330. The molecule has 5 rings (SSSR count). The van der Waals surface area contributed by atoms with E-state index in [9.17, 15) is 4.79 Å². The fraction of sp³-hybridized carbons (Fsp3) is 0.419. The van der Waals surface area contributed by atoms with Crippen molar-refractivity contribution in [2.75, 3.05) is 46.8 Å². The van der Waals surface area contributed by atoms with Crippen LogP contribution in [-0.2, 0) is 29.6 Å². The van der Waals surface area contributed by atoms with Gasteiger partial charge >= 0.3 is 0 Å².